The Morgan fingerprint density at radius 1 is 1.36 bits per heavy atom. The molecule has 1 amide bonds. The molecule has 1 fully saturated rings. The summed E-state index contributed by atoms with van der Waals surface area (Å²) in [6, 6.07) is 4.02. The summed E-state index contributed by atoms with van der Waals surface area (Å²) in [5, 5.41) is 2.97. The van der Waals surface area contributed by atoms with E-state index in [0.29, 0.717) is 11.1 Å². The number of thiophene rings is 1. The third-order valence-corrected chi connectivity index (χ3v) is 6.47. The minimum Gasteiger partial charge on any atom is -0.399 e. The number of hydrogen-bond donors (Lipinski definition) is 2. The third kappa shape index (κ3) is 6.93. The van der Waals surface area contributed by atoms with Gasteiger partial charge in [0.05, 0.1) is 5.75 Å². The number of likely N-dealkylation sites (tertiary alicyclic amines) is 1. The van der Waals surface area contributed by atoms with Crippen molar-refractivity contribution in [3.05, 3.63) is 17.0 Å². The quantitative estimate of drug-likeness (QED) is 0.744. The Labute approximate surface area is 153 Å². The first-order valence-electron chi connectivity index (χ1n) is 8.51. The summed E-state index contributed by atoms with van der Waals surface area (Å²) in [4.78, 5) is 15.0. The first-order valence-corrected chi connectivity index (χ1v) is 11.0. The number of carbonyl (C=O) groups is 1. The average molecular weight is 390 g/mol. The van der Waals surface area contributed by atoms with E-state index in [-0.39, 0.29) is 18.3 Å². The molecule has 142 valence electrons. The lowest BCUT2D eigenvalue weighted by molar-refractivity contribution is 0.168. The molecule has 0 unspecified atom stereocenters. The molecule has 1 aliphatic heterocycles. The van der Waals surface area contributed by atoms with Gasteiger partial charge in [0.15, 0.2) is 5.06 Å². The lowest BCUT2D eigenvalue weighted by Crippen LogP contribution is -2.47. The van der Waals surface area contributed by atoms with Crippen LogP contribution in [0.25, 0.3) is 0 Å². The van der Waals surface area contributed by atoms with E-state index in [1.807, 2.05) is 13.0 Å². The molecule has 1 aromatic rings. The van der Waals surface area contributed by atoms with E-state index in [9.17, 15) is 13.2 Å². The van der Waals surface area contributed by atoms with Gasteiger partial charge in [0.1, 0.15) is 0 Å². The molecule has 0 radical (unpaired) electrons. The van der Waals surface area contributed by atoms with Gasteiger partial charge >= 0.3 is 6.09 Å². The fourth-order valence-corrected chi connectivity index (χ4v) is 4.67. The maximum atomic E-state index is 12.1. The van der Waals surface area contributed by atoms with E-state index < -0.39 is 16.1 Å². The molecule has 0 spiro atoms. The molecule has 0 bridgehead atoms. The Bertz CT molecular complexity index is 665. The molecule has 0 saturated carbocycles. The van der Waals surface area contributed by atoms with E-state index in [1.54, 1.807) is 6.07 Å². The highest BCUT2D eigenvalue weighted by atomic mass is 32.2. The zero-order chi connectivity index (χ0) is 18.4. The second-order valence-electron chi connectivity index (χ2n) is 6.52. The van der Waals surface area contributed by atoms with E-state index in [0.717, 1.165) is 30.8 Å². The van der Waals surface area contributed by atoms with E-state index >= 15 is 0 Å². The number of piperidine rings is 1. The number of carbonyl (C=O) groups excluding carboxylic acids is 1. The van der Waals surface area contributed by atoms with E-state index in [4.69, 9.17) is 4.74 Å². The zero-order valence-corrected chi connectivity index (χ0v) is 16.6. The number of aryl methyl sites for hydroxylation is 1. The predicted molar refractivity (Wildman–Crippen MR) is 99.7 cm³/mol. The van der Waals surface area contributed by atoms with Crippen LogP contribution in [0.5, 0.6) is 5.06 Å². The smallest absolute Gasteiger partial charge is 0.399 e. The van der Waals surface area contributed by atoms with Crippen molar-refractivity contribution in [1.82, 2.24) is 14.9 Å². The SMILES string of the molecule is Cc1ccc(OC(=O)NCCS(=O)(=O)NC2CCN(C(C)C)CC2)s1. The van der Waals surface area contributed by atoms with Gasteiger partial charge < -0.3 is 15.0 Å². The van der Waals surface area contributed by atoms with Crippen molar-refractivity contribution in [2.75, 3.05) is 25.4 Å². The topological polar surface area (TPSA) is 87.7 Å². The molecular formula is C16H27N3O4S2. The summed E-state index contributed by atoms with van der Waals surface area (Å²) >= 11 is 1.36. The Balaban J connectivity index is 1.68. The molecule has 2 heterocycles. The fourth-order valence-electron chi connectivity index (χ4n) is 2.73. The van der Waals surface area contributed by atoms with Crippen molar-refractivity contribution in [2.45, 2.75) is 45.7 Å². The van der Waals surface area contributed by atoms with Crippen LogP contribution < -0.4 is 14.8 Å². The highest BCUT2D eigenvalue weighted by Crippen LogP contribution is 2.23. The minimum atomic E-state index is -3.42. The Morgan fingerprint density at radius 2 is 2.04 bits per heavy atom. The van der Waals surface area contributed by atoms with Crippen LogP contribution in [0.3, 0.4) is 0 Å². The van der Waals surface area contributed by atoms with Crippen LogP contribution in [0.1, 0.15) is 31.6 Å². The number of amides is 1. The number of rotatable bonds is 7. The molecule has 9 heteroatoms. The number of sulfonamides is 1. The summed E-state index contributed by atoms with van der Waals surface area (Å²) in [7, 11) is -3.42. The van der Waals surface area contributed by atoms with Gasteiger partial charge in [-0.1, -0.05) is 0 Å². The molecule has 7 nitrogen and oxygen atoms in total. The zero-order valence-electron chi connectivity index (χ0n) is 14.9. The first kappa shape index (κ1) is 20.2. The minimum absolute atomic E-state index is 0.0172. The van der Waals surface area contributed by atoms with Gasteiger partial charge in [-0.15, -0.1) is 11.3 Å². The lowest BCUT2D eigenvalue weighted by Gasteiger charge is -2.34. The molecule has 0 aromatic carbocycles. The largest absolute Gasteiger partial charge is 0.413 e. The number of ether oxygens (including phenoxy) is 1. The molecular weight excluding hydrogens is 362 g/mol. The van der Waals surface area contributed by atoms with Crippen LogP contribution >= 0.6 is 11.3 Å². The Hall–Kier alpha value is -1.16. The number of nitrogens with zero attached hydrogens (tertiary/aromatic N) is 1. The third-order valence-electron chi connectivity index (χ3n) is 4.16. The lowest BCUT2D eigenvalue weighted by atomic mass is 10.1. The predicted octanol–water partition coefficient (Wildman–Crippen LogP) is 1.94. The van der Waals surface area contributed by atoms with Gasteiger partial charge in [0.25, 0.3) is 0 Å². The molecule has 2 rings (SSSR count). The summed E-state index contributed by atoms with van der Waals surface area (Å²) in [5.41, 5.74) is 0. The molecule has 2 N–H and O–H groups in total. The van der Waals surface area contributed by atoms with Crippen LogP contribution in [0.2, 0.25) is 0 Å². The first-order chi connectivity index (χ1) is 11.7. The molecule has 25 heavy (non-hydrogen) atoms. The summed E-state index contributed by atoms with van der Waals surface area (Å²) < 4.78 is 32.1. The molecule has 1 saturated heterocycles. The molecule has 1 aliphatic rings. The Morgan fingerprint density at radius 3 is 2.60 bits per heavy atom. The molecule has 0 aliphatic carbocycles. The van der Waals surface area contributed by atoms with Crippen molar-refractivity contribution in [2.24, 2.45) is 0 Å². The van der Waals surface area contributed by atoms with E-state index in [1.165, 1.54) is 11.3 Å². The summed E-state index contributed by atoms with van der Waals surface area (Å²) in [6.45, 7) is 8.02. The van der Waals surface area contributed by atoms with Crippen LogP contribution in [0, 0.1) is 6.92 Å². The van der Waals surface area contributed by atoms with Crippen LogP contribution in [-0.4, -0.2) is 56.9 Å². The Kier molecular flexibility index (Phi) is 7.24. The van der Waals surface area contributed by atoms with Gasteiger partial charge in [0.2, 0.25) is 10.0 Å². The highest BCUT2D eigenvalue weighted by molar-refractivity contribution is 7.89. The fraction of sp³-hybridized carbons (Fsp3) is 0.688. The number of hydrogen-bond acceptors (Lipinski definition) is 6. The molecule has 0 atom stereocenters. The second kappa shape index (κ2) is 8.98. The number of nitrogens with one attached hydrogen (secondary N) is 2. The maximum Gasteiger partial charge on any atom is 0.413 e. The monoisotopic (exact) mass is 389 g/mol. The van der Waals surface area contributed by atoms with Gasteiger partial charge in [0, 0.05) is 23.5 Å². The van der Waals surface area contributed by atoms with Crippen molar-refractivity contribution in [3.63, 3.8) is 0 Å². The summed E-state index contributed by atoms with van der Waals surface area (Å²) in [6.07, 6.45) is 0.983. The normalized spacial score (nSPS) is 17.0. The second-order valence-corrected chi connectivity index (χ2v) is 9.65. The van der Waals surface area contributed by atoms with Crippen molar-refractivity contribution in [1.29, 1.82) is 0 Å². The average Bonchev–Trinajstić information content (AvgIpc) is 2.92. The van der Waals surface area contributed by atoms with Gasteiger partial charge in [-0.3, -0.25) is 0 Å². The van der Waals surface area contributed by atoms with Crippen LogP contribution in [0.15, 0.2) is 12.1 Å². The summed E-state index contributed by atoms with van der Waals surface area (Å²) in [5.74, 6) is -0.157. The van der Waals surface area contributed by atoms with Gasteiger partial charge in [-0.2, -0.15) is 0 Å². The standard InChI is InChI=1S/C16H27N3O4S2/c1-12(2)19-9-6-14(7-10-19)18-25(21,22)11-8-17-16(20)23-15-5-4-13(3)24-15/h4-5,12,14,18H,6-11H2,1-3H3,(H,17,20). The van der Waals surface area contributed by atoms with Crippen molar-refractivity contribution >= 4 is 27.5 Å². The van der Waals surface area contributed by atoms with Crippen molar-refractivity contribution < 1.29 is 17.9 Å². The van der Waals surface area contributed by atoms with Crippen LogP contribution in [-0.2, 0) is 10.0 Å². The molecule has 1 aromatic heterocycles. The highest BCUT2D eigenvalue weighted by Gasteiger charge is 2.24. The van der Waals surface area contributed by atoms with Gasteiger partial charge in [-0.05, 0) is 58.8 Å². The maximum absolute atomic E-state index is 12.1. The van der Waals surface area contributed by atoms with E-state index in [2.05, 4.69) is 28.8 Å². The van der Waals surface area contributed by atoms with Crippen LogP contribution in [0.4, 0.5) is 4.79 Å². The van der Waals surface area contributed by atoms with Gasteiger partial charge in [-0.25, -0.2) is 17.9 Å². The van der Waals surface area contributed by atoms with Crippen molar-refractivity contribution in [3.8, 4) is 5.06 Å².